The second-order valence-corrected chi connectivity index (χ2v) is 7.50. The lowest BCUT2D eigenvalue weighted by molar-refractivity contribution is 0.250. The molecule has 0 aliphatic carbocycles. The average molecular weight is 380 g/mol. The van der Waals surface area contributed by atoms with E-state index < -0.39 is 0 Å². The number of phenols is 1. The summed E-state index contributed by atoms with van der Waals surface area (Å²) in [6.45, 7) is 7.96. The first kappa shape index (κ1) is 18.7. The normalized spacial score (nSPS) is 15.2. The van der Waals surface area contributed by atoms with Crippen LogP contribution in [0.25, 0.3) is 10.9 Å². The molecule has 1 aliphatic heterocycles. The molecule has 2 heterocycles. The van der Waals surface area contributed by atoms with Gasteiger partial charge in [-0.05, 0) is 54.4 Å². The number of hydrogen-bond acceptors (Lipinski definition) is 4. The fraction of sp³-hybridized carbons (Fsp3) is 0.391. The predicted octanol–water partition coefficient (Wildman–Crippen LogP) is 4.37. The molecule has 1 aliphatic rings. The van der Waals surface area contributed by atoms with E-state index in [0.29, 0.717) is 5.75 Å². The summed E-state index contributed by atoms with van der Waals surface area (Å²) in [6, 6.07) is 13.8. The van der Waals surface area contributed by atoms with Gasteiger partial charge in [0.25, 0.3) is 0 Å². The Morgan fingerprint density at radius 1 is 1.04 bits per heavy atom. The zero-order valence-electron chi connectivity index (χ0n) is 16.5. The summed E-state index contributed by atoms with van der Waals surface area (Å²) in [4.78, 5) is 8.28. The number of H-pyrrole nitrogens is 1. The fourth-order valence-electron chi connectivity index (χ4n) is 3.78. The molecule has 1 aromatic heterocycles. The van der Waals surface area contributed by atoms with E-state index in [1.807, 2.05) is 12.1 Å². The van der Waals surface area contributed by atoms with E-state index in [4.69, 9.17) is 4.74 Å². The van der Waals surface area contributed by atoms with Crippen LogP contribution in [0.15, 0.2) is 48.7 Å². The molecule has 148 valence electrons. The molecule has 0 radical (unpaired) electrons. The number of aromatic nitrogens is 1. The lowest BCUT2D eigenvalue weighted by atomic mass is 10.1. The first-order valence-corrected chi connectivity index (χ1v) is 10.2. The highest BCUT2D eigenvalue weighted by Gasteiger charge is 2.18. The number of rotatable bonds is 7. The Kier molecular flexibility index (Phi) is 5.72. The molecule has 0 saturated carbocycles. The Morgan fingerprint density at radius 3 is 2.57 bits per heavy atom. The minimum Gasteiger partial charge on any atom is -0.508 e. The number of nitrogens with one attached hydrogen (secondary N) is 1. The third kappa shape index (κ3) is 4.25. The van der Waals surface area contributed by atoms with Crippen LogP contribution >= 0.6 is 0 Å². The number of ether oxygens (including phenoxy) is 1. The van der Waals surface area contributed by atoms with Gasteiger partial charge in [0.05, 0.1) is 6.61 Å². The third-order valence-corrected chi connectivity index (χ3v) is 5.49. The Hall–Kier alpha value is -2.66. The monoisotopic (exact) mass is 379 g/mol. The van der Waals surface area contributed by atoms with Crippen molar-refractivity contribution in [1.29, 1.82) is 0 Å². The van der Waals surface area contributed by atoms with Gasteiger partial charge in [-0.1, -0.05) is 13.3 Å². The average Bonchev–Trinajstić information content (AvgIpc) is 3.12. The highest BCUT2D eigenvalue weighted by Crippen LogP contribution is 2.26. The maximum absolute atomic E-state index is 9.47. The van der Waals surface area contributed by atoms with Crippen molar-refractivity contribution >= 4 is 16.6 Å². The SMILES string of the molecule is CCCCOc1ccc2[nH]cc(CN3CCN(c4ccc(O)cc4)CC3)c2c1. The summed E-state index contributed by atoms with van der Waals surface area (Å²) in [5.41, 5.74) is 3.67. The number of anilines is 1. The smallest absolute Gasteiger partial charge is 0.120 e. The van der Waals surface area contributed by atoms with E-state index >= 15 is 0 Å². The number of nitrogens with zero attached hydrogens (tertiary/aromatic N) is 2. The highest BCUT2D eigenvalue weighted by molar-refractivity contribution is 5.84. The molecule has 5 heteroatoms. The quantitative estimate of drug-likeness (QED) is 0.599. The van der Waals surface area contributed by atoms with Crippen LogP contribution in [-0.4, -0.2) is 47.8 Å². The lowest BCUT2D eigenvalue weighted by Crippen LogP contribution is -2.45. The van der Waals surface area contributed by atoms with Gasteiger partial charge in [0.1, 0.15) is 11.5 Å². The summed E-state index contributed by atoms with van der Waals surface area (Å²) in [6.07, 6.45) is 4.37. The van der Waals surface area contributed by atoms with Gasteiger partial charge >= 0.3 is 0 Å². The van der Waals surface area contributed by atoms with Gasteiger partial charge in [0.15, 0.2) is 0 Å². The van der Waals surface area contributed by atoms with Gasteiger partial charge in [0.2, 0.25) is 0 Å². The van der Waals surface area contributed by atoms with Crippen LogP contribution in [0, 0.1) is 0 Å². The van der Waals surface area contributed by atoms with Crippen molar-refractivity contribution in [3.05, 3.63) is 54.2 Å². The van der Waals surface area contributed by atoms with Crippen molar-refractivity contribution in [3.63, 3.8) is 0 Å². The number of hydrogen-bond donors (Lipinski definition) is 2. The molecule has 0 spiro atoms. The molecule has 0 unspecified atom stereocenters. The van der Waals surface area contributed by atoms with E-state index in [1.54, 1.807) is 12.1 Å². The molecule has 5 nitrogen and oxygen atoms in total. The molecule has 1 saturated heterocycles. The fourth-order valence-corrected chi connectivity index (χ4v) is 3.78. The van der Waals surface area contributed by atoms with Crippen molar-refractivity contribution < 1.29 is 9.84 Å². The second kappa shape index (κ2) is 8.57. The summed E-state index contributed by atoms with van der Waals surface area (Å²) in [5.74, 6) is 1.28. The summed E-state index contributed by atoms with van der Waals surface area (Å²) >= 11 is 0. The number of aromatic hydroxyl groups is 1. The Morgan fingerprint density at radius 2 is 1.82 bits per heavy atom. The second-order valence-electron chi connectivity index (χ2n) is 7.50. The van der Waals surface area contributed by atoms with Crippen LogP contribution in [0.1, 0.15) is 25.3 Å². The van der Waals surface area contributed by atoms with Gasteiger partial charge in [0, 0.05) is 55.5 Å². The van der Waals surface area contributed by atoms with E-state index in [2.05, 4.69) is 46.1 Å². The van der Waals surface area contributed by atoms with E-state index in [9.17, 15) is 5.11 Å². The molecule has 2 aromatic carbocycles. The Bertz CT molecular complexity index is 896. The van der Waals surface area contributed by atoms with Crippen molar-refractivity contribution in [1.82, 2.24) is 9.88 Å². The molecular formula is C23H29N3O2. The van der Waals surface area contributed by atoms with Crippen molar-refractivity contribution in [3.8, 4) is 11.5 Å². The van der Waals surface area contributed by atoms with E-state index in [1.165, 1.54) is 22.2 Å². The van der Waals surface area contributed by atoms with Gasteiger partial charge in [-0.15, -0.1) is 0 Å². The topological polar surface area (TPSA) is 51.7 Å². The summed E-state index contributed by atoms with van der Waals surface area (Å²) in [7, 11) is 0. The standard InChI is InChI=1S/C23H29N3O2/c1-2-3-14-28-21-8-9-23-22(15-21)18(16-24-23)17-25-10-12-26(13-11-25)19-4-6-20(27)7-5-19/h4-9,15-16,24,27H,2-3,10-14,17H2,1H3. The maximum Gasteiger partial charge on any atom is 0.120 e. The maximum atomic E-state index is 9.47. The van der Waals surface area contributed by atoms with Gasteiger partial charge < -0.3 is 19.7 Å². The zero-order valence-corrected chi connectivity index (χ0v) is 16.5. The number of unbranched alkanes of at least 4 members (excludes halogenated alkanes) is 1. The number of piperazine rings is 1. The van der Waals surface area contributed by atoms with Crippen molar-refractivity contribution in [2.45, 2.75) is 26.3 Å². The largest absolute Gasteiger partial charge is 0.508 e. The molecule has 0 atom stereocenters. The highest BCUT2D eigenvalue weighted by atomic mass is 16.5. The van der Waals surface area contributed by atoms with Crippen LogP contribution in [0.4, 0.5) is 5.69 Å². The van der Waals surface area contributed by atoms with E-state index in [0.717, 1.165) is 57.9 Å². The van der Waals surface area contributed by atoms with Gasteiger partial charge in [-0.3, -0.25) is 4.90 Å². The Balaban J connectivity index is 1.38. The third-order valence-electron chi connectivity index (χ3n) is 5.49. The number of fused-ring (bicyclic) bond motifs is 1. The van der Waals surface area contributed by atoms with Crippen molar-refractivity contribution in [2.24, 2.45) is 0 Å². The molecular weight excluding hydrogens is 350 g/mol. The predicted molar refractivity (Wildman–Crippen MR) is 114 cm³/mol. The summed E-state index contributed by atoms with van der Waals surface area (Å²) < 4.78 is 5.89. The molecule has 28 heavy (non-hydrogen) atoms. The molecule has 0 bridgehead atoms. The van der Waals surface area contributed by atoms with Crippen LogP contribution in [0.5, 0.6) is 11.5 Å². The number of phenolic OH excluding ortho intramolecular Hbond substituents is 1. The molecule has 2 N–H and O–H groups in total. The first-order valence-electron chi connectivity index (χ1n) is 10.2. The molecule has 4 rings (SSSR count). The minimum absolute atomic E-state index is 0.319. The van der Waals surface area contributed by atoms with Gasteiger partial charge in [-0.2, -0.15) is 0 Å². The Labute approximate surface area is 166 Å². The van der Waals surface area contributed by atoms with Gasteiger partial charge in [-0.25, -0.2) is 0 Å². The zero-order chi connectivity index (χ0) is 19.3. The van der Waals surface area contributed by atoms with Crippen LogP contribution in [-0.2, 0) is 6.54 Å². The van der Waals surface area contributed by atoms with Crippen LogP contribution in [0.2, 0.25) is 0 Å². The first-order chi connectivity index (χ1) is 13.7. The summed E-state index contributed by atoms with van der Waals surface area (Å²) in [5, 5.41) is 10.7. The number of benzene rings is 2. The minimum atomic E-state index is 0.319. The molecule has 3 aromatic rings. The number of aromatic amines is 1. The molecule has 1 fully saturated rings. The van der Waals surface area contributed by atoms with Crippen LogP contribution in [0.3, 0.4) is 0 Å². The lowest BCUT2D eigenvalue weighted by Gasteiger charge is -2.36. The van der Waals surface area contributed by atoms with Crippen molar-refractivity contribution in [2.75, 3.05) is 37.7 Å². The van der Waals surface area contributed by atoms with Crippen LogP contribution < -0.4 is 9.64 Å². The molecule has 0 amide bonds. The van der Waals surface area contributed by atoms with E-state index in [-0.39, 0.29) is 0 Å².